The first-order chi connectivity index (χ1) is 22.1. The van der Waals surface area contributed by atoms with Crippen molar-refractivity contribution in [2.24, 2.45) is 7.05 Å². The summed E-state index contributed by atoms with van der Waals surface area (Å²) >= 11 is 0. The molecule has 0 radical (unpaired) electrons. The number of fused-ring (bicyclic) bond motifs is 1. The smallest absolute Gasteiger partial charge is 0.370 e. The zero-order valence-corrected chi connectivity index (χ0v) is 25.9. The predicted molar refractivity (Wildman–Crippen MR) is 169 cm³/mol. The lowest BCUT2D eigenvalue weighted by atomic mass is 9.97. The summed E-state index contributed by atoms with van der Waals surface area (Å²) in [6.07, 6.45) is 1.06. The molecule has 2 aliphatic rings. The number of nitrogens with one attached hydrogen (secondary N) is 1. The number of alkyl halides is 3. The number of anilines is 2. The molecule has 0 aliphatic carbocycles. The van der Waals surface area contributed by atoms with Gasteiger partial charge in [0.25, 0.3) is 5.91 Å². The van der Waals surface area contributed by atoms with Crippen molar-refractivity contribution in [2.75, 3.05) is 29.9 Å². The highest BCUT2D eigenvalue weighted by molar-refractivity contribution is 6.10. The lowest BCUT2D eigenvalue weighted by molar-refractivity contribution is -0.138. The lowest BCUT2D eigenvalue weighted by Crippen LogP contribution is -2.29. The van der Waals surface area contributed by atoms with E-state index in [1.807, 2.05) is 38.2 Å². The normalized spacial score (nSPS) is 15.2. The van der Waals surface area contributed by atoms with Crippen LogP contribution in [-0.2, 0) is 26.3 Å². The highest BCUT2D eigenvalue weighted by Gasteiger charge is 2.41. The molecule has 2 aliphatic heterocycles. The van der Waals surface area contributed by atoms with Crippen molar-refractivity contribution >= 4 is 17.5 Å². The van der Waals surface area contributed by atoms with E-state index >= 15 is 0 Å². The maximum Gasteiger partial charge on any atom is 0.416 e. The molecule has 238 valence electrons. The molecule has 1 fully saturated rings. The fourth-order valence-electron chi connectivity index (χ4n) is 6.28. The van der Waals surface area contributed by atoms with Gasteiger partial charge in [-0.05, 0) is 85.8 Å². The number of carbonyl (C=O) groups is 1. The van der Waals surface area contributed by atoms with Crippen LogP contribution in [0.15, 0.2) is 48.8 Å². The summed E-state index contributed by atoms with van der Waals surface area (Å²) in [5.74, 6) is 0.801. The van der Waals surface area contributed by atoms with Crippen LogP contribution in [0.4, 0.5) is 24.8 Å². The van der Waals surface area contributed by atoms with Gasteiger partial charge < -0.3 is 9.88 Å². The monoisotopic (exact) mass is 628 g/mol. The number of rotatable bonds is 9. The van der Waals surface area contributed by atoms with Crippen molar-refractivity contribution in [2.45, 2.75) is 58.3 Å². The van der Waals surface area contributed by atoms with E-state index < -0.39 is 17.6 Å². The molecule has 2 aromatic carbocycles. The van der Waals surface area contributed by atoms with E-state index in [2.05, 4.69) is 26.5 Å². The Labute approximate surface area is 265 Å². The molecule has 0 atom stereocenters. The van der Waals surface area contributed by atoms with Crippen molar-refractivity contribution in [3.05, 3.63) is 76.6 Å². The largest absolute Gasteiger partial charge is 0.416 e. The number of unbranched alkanes of at least 4 members (excludes halogenated alkanes) is 1. The highest BCUT2D eigenvalue weighted by atomic mass is 19.4. The van der Waals surface area contributed by atoms with E-state index in [4.69, 9.17) is 10.2 Å². The molecular weight excluding hydrogens is 593 g/mol. The van der Waals surface area contributed by atoms with Crippen LogP contribution in [-0.4, -0.2) is 50.2 Å². The molecule has 46 heavy (non-hydrogen) atoms. The number of piperidine rings is 1. The molecule has 0 bridgehead atoms. The molecule has 1 amide bonds. The predicted octanol–water partition coefficient (Wildman–Crippen LogP) is 6.73. The van der Waals surface area contributed by atoms with Crippen molar-refractivity contribution in [1.29, 1.82) is 5.26 Å². The summed E-state index contributed by atoms with van der Waals surface area (Å²) in [6.45, 7) is 4.20. The first-order valence-corrected chi connectivity index (χ1v) is 15.5. The van der Waals surface area contributed by atoms with E-state index in [0.717, 1.165) is 49.0 Å². The molecule has 4 aromatic rings. The molecular formula is C34H35F3N8O. The van der Waals surface area contributed by atoms with Crippen LogP contribution in [0, 0.1) is 18.3 Å². The fraction of sp³-hybridized carbons (Fsp3) is 0.382. The van der Waals surface area contributed by atoms with Crippen LogP contribution in [0.2, 0.25) is 0 Å². The number of hydrogen-bond donors (Lipinski definition) is 1. The van der Waals surface area contributed by atoms with Gasteiger partial charge >= 0.3 is 6.18 Å². The van der Waals surface area contributed by atoms with Gasteiger partial charge in [-0.15, -0.1) is 10.2 Å². The summed E-state index contributed by atoms with van der Waals surface area (Å²) < 4.78 is 45.2. The number of halogens is 3. The molecule has 4 heterocycles. The third kappa shape index (κ3) is 6.46. The lowest BCUT2D eigenvalue weighted by Gasteiger charge is -2.27. The van der Waals surface area contributed by atoms with Crippen LogP contribution in [0.5, 0.6) is 0 Å². The van der Waals surface area contributed by atoms with Gasteiger partial charge in [0.05, 0.1) is 18.2 Å². The van der Waals surface area contributed by atoms with Gasteiger partial charge in [0.15, 0.2) is 5.82 Å². The Morgan fingerprint density at radius 1 is 1.02 bits per heavy atom. The molecule has 0 saturated carbocycles. The maximum atomic E-state index is 14.5. The van der Waals surface area contributed by atoms with Gasteiger partial charge in [0.2, 0.25) is 0 Å². The minimum atomic E-state index is -4.62. The summed E-state index contributed by atoms with van der Waals surface area (Å²) in [5.41, 5.74) is 3.04. The molecule has 6 rings (SSSR count). The Hall–Kier alpha value is -4.76. The molecule has 12 heteroatoms. The minimum absolute atomic E-state index is 0.0362. The van der Waals surface area contributed by atoms with Gasteiger partial charge in [-0.25, -0.2) is 4.98 Å². The first kappa shape index (κ1) is 31.2. The topological polar surface area (TPSA) is 103 Å². The zero-order valence-electron chi connectivity index (χ0n) is 25.9. The number of likely N-dealkylation sites (tertiary alicyclic amines) is 1. The van der Waals surface area contributed by atoms with Gasteiger partial charge in [0, 0.05) is 37.7 Å². The second-order valence-electron chi connectivity index (χ2n) is 12.0. The molecule has 1 N–H and O–H groups in total. The van der Waals surface area contributed by atoms with Gasteiger partial charge in [-0.2, -0.15) is 18.4 Å². The highest BCUT2D eigenvalue weighted by Crippen LogP contribution is 2.41. The van der Waals surface area contributed by atoms with E-state index in [0.29, 0.717) is 48.7 Å². The zero-order chi connectivity index (χ0) is 32.4. The van der Waals surface area contributed by atoms with Crippen LogP contribution in [0.1, 0.15) is 64.7 Å². The quantitative estimate of drug-likeness (QED) is 0.205. The third-order valence-electron chi connectivity index (χ3n) is 8.56. The summed E-state index contributed by atoms with van der Waals surface area (Å²) in [5, 5.41) is 20.5. The SMILES string of the molecule is Cc1ccc(-c2nncn2C)c(-c2cc(NCCCC#N)nc(N3Cc4c(cc(CN5CCCCC5)cc4C(F)(F)F)C3=O)c2)c1. The van der Waals surface area contributed by atoms with Crippen LogP contribution in [0.3, 0.4) is 0 Å². The Morgan fingerprint density at radius 2 is 1.83 bits per heavy atom. The summed E-state index contributed by atoms with van der Waals surface area (Å²) in [6, 6.07) is 14.4. The summed E-state index contributed by atoms with van der Waals surface area (Å²) in [4.78, 5) is 22.1. The number of carbonyl (C=O) groups excluding carboxylic acids is 1. The average molecular weight is 629 g/mol. The Morgan fingerprint density at radius 3 is 2.54 bits per heavy atom. The van der Waals surface area contributed by atoms with Crippen LogP contribution >= 0.6 is 0 Å². The Balaban J connectivity index is 1.42. The Kier molecular flexibility index (Phi) is 8.77. The van der Waals surface area contributed by atoms with Gasteiger partial charge in [0.1, 0.15) is 18.0 Å². The van der Waals surface area contributed by atoms with Crippen LogP contribution in [0.25, 0.3) is 22.5 Å². The second kappa shape index (κ2) is 12.9. The number of amides is 1. The number of aromatic nitrogens is 4. The number of nitrogens with zero attached hydrogens (tertiary/aromatic N) is 7. The number of nitriles is 1. The van der Waals surface area contributed by atoms with Crippen molar-refractivity contribution in [3.8, 4) is 28.6 Å². The number of benzene rings is 2. The fourth-order valence-corrected chi connectivity index (χ4v) is 6.28. The number of pyridine rings is 1. The molecule has 0 spiro atoms. The van der Waals surface area contributed by atoms with Crippen molar-refractivity contribution < 1.29 is 18.0 Å². The van der Waals surface area contributed by atoms with Gasteiger partial charge in [-0.3, -0.25) is 14.6 Å². The molecule has 2 aromatic heterocycles. The summed E-state index contributed by atoms with van der Waals surface area (Å²) in [7, 11) is 1.84. The van der Waals surface area contributed by atoms with Gasteiger partial charge in [-0.1, -0.05) is 30.2 Å². The third-order valence-corrected chi connectivity index (χ3v) is 8.56. The standard InChI is InChI=1S/C34H35F3N8O/c1-22-8-9-25(32-42-40-21-43(32)2)26(14-22)24-17-30(39-11-5-4-10-38)41-31(18-24)45-20-28-27(33(45)46)15-23(16-29(28)34(35,36)37)19-44-12-6-3-7-13-44/h8-9,14-18,21H,3-7,11-13,19-20H2,1-2H3,(H,39,41). The molecule has 1 saturated heterocycles. The van der Waals surface area contributed by atoms with E-state index in [9.17, 15) is 18.0 Å². The first-order valence-electron chi connectivity index (χ1n) is 15.5. The van der Waals surface area contributed by atoms with Crippen molar-refractivity contribution in [1.82, 2.24) is 24.6 Å². The van der Waals surface area contributed by atoms with E-state index in [1.165, 1.54) is 11.0 Å². The Bertz CT molecular complexity index is 1800. The van der Waals surface area contributed by atoms with Crippen molar-refractivity contribution in [3.63, 3.8) is 0 Å². The molecule has 9 nitrogen and oxygen atoms in total. The minimum Gasteiger partial charge on any atom is -0.370 e. The number of aryl methyl sites for hydroxylation is 2. The molecule has 0 unspecified atom stereocenters. The average Bonchev–Trinajstić information content (AvgIpc) is 3.61. The van der Waals surface area contributed by atoms with Crippen LogP contribution < -0.4 is 10.2 Å². The van der Waals surface area contributed by atoms with E-state index in [-0.39, 0.29) is 23.5 Å². The number of hydrogen-bond acceptors (Lipinski definition) is 7. The maximum absolute atomic E-state index is 14.5. The second-order valence-corrected chi connectivity index (χ2v) is 12.0. The van der Waals surface area contributed by atoms with E-state index in [1.54, 1.807) is 23.0 Å².